The van der Waals surface area contributed by atoms with Crippen molar-refractivity contribution in [3.63, 3.8) is 0 Å². The number of rotatable bonds is 5. The Morgan fingerprint density at radius 2 is 2.05 bits per heavy atom. The van der Waals surface area contributed by atoms with Gasteiger partial charge in [-0.25, -0.2) is 0 Å². The van der Waals surface area contributed by atoms with E-state index in [9.17, 15) is 4.79 Å². The van der Waals surface area contributed by atoms with Crippen LogP contribution in [0.1, 0.15) is 23.1 Å². The summed E-state index contributed by atoms with van der Waals surface area (Å²) < 4.78 is 5.59. The predicted octanol–water partition coefficient (Wildman–Crippen LogP) is 1.30. The van der Waals surface area contributed by atoms with Gasteiger partial charge in [0, 0.05) is 19.7 Å². The molecule has 0 spiro atoms. The van der Waals surface area contributed by atoms with E-state index < -0.39 is 0 Å². The SMILES string of the molecule is CC(=O)c1cccc(OCc2nc(N)nc(N(C)C)n2)c1. The van der Waals surface area contributed by atoms with Crippen LogP contribution in [0.4, 0.5) is 11.9 Å². The summed E-state index contributed by atoms with van der Waals surface area (Å²) in [5.74, 6) is 1.61. The fourth-order valence-electron chi connectivity index (χ4n) is 1.64. The minimum Gasteiger partial charge on any atom is -0.486 e. The summed E-state index contributed by atoms with van der Waals surface area (Å²) in [5, 5.41) is 0. The van der Waals surface area contributed by atoms with Gasteiger partial charge in [0.1, 0.15) is 12.4 Å². The number of nitrogens with zero attached hydrogens (tertiary/aromatic N) is 4. The molecule has 0 aliphatic rings. The van der Waals surface area contributed by atoms with E-state index in [0.717, 1.165) is 0 Å². The highest BCUT2D eigenvalue weighted by Gasteiger charge is 2.07. The van der Waals surface area contributed by atoms with E-state index in [-0.39, 0.29) is 18.3 Å². The number of ketones is 1. The third kappa shape index (κ3) is 3.88. The zero-order chi connectivity index (χ0) is 15.4. The highest BCUT2D eigenvalue weighted by atomic mass is 16.5. The third-order valence-electron chi connectivity index (χ3n) is 2.70. The normalized spacial score (nSPS) is 10.2. The number of carbonyl (C=O) groups is 1. The van der Waals surface area contributed by atoms with Gasteiger partial charge in [-0.1, -0.05) is 12.1 Å². The van der Waals surface area contributed by atoms with Crippen molar-refractivity contribution in [1.29, 1.82) is 0 Å². The van der Waals surface area contributed by atoms with Gasteiger partial charge in [0.05, 0.1) is 0 Å². The molecule has 2 N–H and O–H groups in total. The molecule has 1 heterocycles. The standard InChI is InChI=1S/C14H17N5O2/c1-9(20)10-5-4-6-11(7-10)21-8-12-16-13(15)18-14(17-12)19(2)3/h4-7H,8H2,1-3H3,(H2,15,16,17,18). The molecule has 7 nitrogen and oxygen atoms in total. The summed E-state index contributed by atoms with van der Waals surface area (Å²) in [6.07, 6.45) is 0. The summed E-state index contributed by atoms with van der Waals surface area (Å²) in [4.78, 5) is 25.3. The fraction of sp³-hybridized carbons (Fsp3) is 0.286. The van der Waals surface area contributed by atoms with Crippen molar-refractivity contribution in [2.45, 2.75) is 13.5 Å². The molecule has 0 saturated carbocycles. The number of ether oxygens (including phenoxy) is 1. The van der Waals surface area contributed by atoms with E-state index >= 15 is 0 Å². The second-order valence-corrected chi connectivity index (χ2v) is 4.68. The summed E-state index contributed by atoms with van der Waals surface area (Å²) >= 11 is 0. The average molecular weight is 287 g/mol. The predicted molar refractivity (Wildman–Crippen MR) is 79.3 cm³/mol. The maximum Gasteiger partial charge on any atom is 0.230 e. The number of aromatic nitrogens is 3. The van der Waals surface area contributed by atoms with Crippen LogP contribution < -0.4 is 15.4 Å². The number of carbonyl (C=O) groups excluding carboxylic acids is 1. The van der Waals surface area contributed by atoms with Crippen LogP contribution in [0.5, 0.6) is 5.75 Å². The molecule has 0 fully saturated rings. The van der Waals surface area contributed by atoms with Crippen molar-refractivity contribution < 1.29 is 9.53 Å². The number of hydrogen-bond acceptors (Lipinski definition) is 7. The van der Waals surface area contributed by atoms with Crippen molar-refractivity contribution >= 4 is 17.7 Å². The van der Waals surface area contributed by atoms with Gasteiger partial charge in [-0.3, -0.25) is 4.79 Å². The number of hydrogen-bond donors (Lipinski definition) is 1. The smallest absolute Gasteiger partial charge is 0.230 e. The maximum atomic E-state index is 11.3. The van der Waals surface area contributed by atoms with Gasteiger partial charge in [0.25, 0.3) is 0 Å². The molecule has 7 heteroatoms. The molecule has 0 atom stereocenters. The van der Waals surface area contributed by atoms with Crippen LogP contribution in [0.3, 0.4) is 0 Å². The average Bonchev–Trinajstić information content (AvgIpc) is 2.45. The number of nitrogen functional groups attached to an aromatic ring is 1. The van der Waals surface area contributed by atoms with E-state index in [0.29, 0.717) is 23.1 Å². The quantitative estimate of drug-likeness (QED) is 0.828. The van der Waals surface area contributed by atoms with E-state index in [1.54, 1.807) is 29.2 Å². The second-order valence-electron chi connectivity index (χ2n) is 4.68. The molecular weight excluding hydrogens is 270 g/mol. The maximum absolute atomic E-state index is 11.3. The van der Waals surface area contributed by atoms with Crippen LogP contribution in [0.15, 0.2) is 24.3 Å². The lowest BCUT2D eigenvalue weighted by molar-refractivity contribution is 0.101. The first-order chi connectivity index (χ1) is 9.95. The molecule has 0 saturated heterocycles. The largest absolute Gasteiger partial charge is 0.486 e. The van der Waals surface area contributed by atoms with Crippen molar-refractivity contribution in [1.82, 2.24) is 15.0 Å². The molecule has 21 heavy (non-hydrogen) atoms. The van der Waals surface area contributed by atoms with E-state index in [1.807, 2.05) is 14.1 Å². The van der Waals surface area contributed by atoms with Crippen LogP contribution in [-0.4, -0.2) is 34.8 Å². The van der Waals surface area contributed by atoms with Crippen LogP contribution in [0, 0.1) is 0 Å². The molecule has 1 aromatic heterocycles. The molecule has 2 rings (SSSR count). The Morgan fingerprint density at radius 3 is 2.71 bits per heavy atom. The van der Waals surface area contributed by atoms with Crippen LogP contribution in [0.25, 0.3) is 0 Å². The fourth-order valence-corrected chi connectivity index (χ4v) is 1.64. The van der Waals surface area contributed by atoms with Gasteiger partial charge in [-0.15, -0.1) is 0 Å². The van der Waals surface area contributed by atoms with Gasteiger partial charge in [-0.05, 0) is 19.1 Å². The van der Waals surface area contributed by atoms with Gasteiger partial charge >= 0.3 is 0 Å². The number of nitrogens with two attached hydrogens (primary N) is 1. The van der Waals surface area contributed by atoms with Crippen LogP contribution in [-0.2, 0) is 6.61 Å². The Hall–Kier alpha value is -2.70. The Bertz CT molecular complexity index is 658. The zero-order valence-electron chi connectivity index (χ0n) is 12.2. The van der Waals surface area contributed by atoms with Gasteiger partial charge in [0.2, 0.25) is 11.9 Å². The Morgan fingerprint density at radius 1 is 1.29 bits per heavy atom. The lowest BCUT2D eigenvalue weighted by Gasteiger charge is -2.12. The Balaban J connectivity index is 2.13. The molecule has 0 bridgehead atoms. The molecule has 0 unspecified atom stereocenters. The Kier molecular flexibility index (Phi) is 4.32. The van der Waals surface area contributed by atoms with Crippen LogP contribution in [0.2, 0.25) is 0 Å². The van der Waals surface area contributed by atoms with Gasteiger partial charge in [-0.2, -0.15) is 15.0 Å². The zero-order valence-corrected chi connectivity index (χ0v) is 12.2. The summed E-state index contributed by atoms with van der Waals surface area (Å²) in [7, 11) is 3.63. The topological polar surface area (TPSA) is 94.2 Å². The number of benzene rings is 1. The molecule has 0 aliphatic carbocycles. The lowest BCUT2D eigenvalue weighted by atomic mass is 10.1. The van der Waals surface area contributed by atoms with E-state index in [4.69, 9.17) is 10.5 Å². The van der Waals surface area contributed by atoms with Gasteiger partial charge < -0.3 is 15.4 Å². The summed E-state index contributed by atoms with van der Waals surface area (Å²) in [6.45, 7) is 1.66. The first kappa shape index (κ1) is 14.7. The number of Topliss-reactive ketones (excluding diaryl/α,β-unsaturated/α-hetero) is 1. The first-order valence-electron chi connectivity index (χ1n) is 6.37. The van der Waals surface area contributed by atoms with Crippen molar-refractivity contribution in [3.8, 4) is 5.75 Å². The molecule has 0 aliphatic heterocycles. The molecule has 110 valence electrons. The molecule has 2 aromatic rings. The minimum atomic E-state index is -0.0141. The molecular formula is C14H17N5O2. The summed E-state index contributed by atoms with van der Waals surface area (Å²) in [5.41, 5.74) is 6.24. The van der Waals surface area contributed by atoms with Crippen LogP contribution >= 0.6 is 0 Å². The monoisotopic (exact) mass is 287 g/mol. The van der Waals surface area contributed by atoms with Crippen molar-refractivity contribution in [2.24, 2.45) is 0 Å². The molecule has 0 amide bonds. The molecule has 1 aromatic carbocycles. The van der Waals surface area contributed by atoms with E-state index in [2.05, 4.69) is 15.0 Å². The summed E-state index contributed by atoms with van der Waals surface area (Å²) in [6, 6.07) is 6.95. The van der Waals surface area contributed by atoms with E-state index in [1.165, 1.54) is 6.92 Å². The third-order valence-corrected chi connectivity index (χ3v) is 2.70. The van der Waals surface area contributed by atoms with Crippen molar-refractivity contribution in [3.05, 3.63) is 35.7 Å². The molecule has 0 radical (unpaired) electrons. The highest BCUT2D eigenvalue weighted by Crippen LogP contribution is 2.15. The highest BCUT2D eigenvalue weighted by molar-refractivity contribution is 5.94. The van der Waals surface area contributed by atoms with Crippen molar-refractivity contribution in [2.75, 3.05) is 24.7 Å². The lowest BCUT2D eigenvalue weighted by Crippen LogP contribution is -2.16. The second kappa shape index (κ2) is 6.17. The van der Waals surface area contributed by atoms with Gasteiger partial charge in [0.15, 0.2) is 11.6 Å². The first-order valence-corrected chi connectivity index (χ1v) is 6.37. The number of anilines is 2. The Labute approximate surface area is 122 Å². The minimum absolute atomic E-state index is 0.0141.